The molecule has 0 bridgehead atoms. The topological polar surface area (TPSA) is 12.0 Å². The highest BCUT2D eigenvalue weighted by atomic mass is 19.1. The van der Waals surface area contributed by atoms with Gasteiger partial charge in [0.15, 0.2) is 0 Å². The Morgan fingerprint density at radius 3 is 2.38 bits per heavy atom. The predicted octanol–water partition coefficient (Wildman–Crippen LogP) is 4.27. The summed E-state index contributed by atoms with van der Waals surface area (Å²) in [6, 6.07) is 15.8. The first kappa shape index (κ1) is 14.3. The molecule has 1 fully saturated rings. The lowest BCUT2D eigenvalue weighted by Crippen LogP contribution is -2.31. The number of benzene rings is 2. The molecule has 0 aliphatic carbocycles. The lowest BCUT2D eigenvalue weighted by Gasteiger charge is -2.31. The average Bonchev–Trinajstić information content (AvgIpc) is 2.51. The summed E-state index contributed by atoms with van der Waals surface area (Å²) in [5.74, 6) is 0.734. The fourth-order valence-electron chi connectivity index (χ4n) is 3.39. The highest BCUT2D eigenvalue weighted by molar-refractivity contribution is 5.35. The number of hydrogen-bond donors (Lipinski definition) is 1. The number of rotatable bonds is 3. The molecule has 0 radical (unpaired) electrons. The van der Waals surface area contributed by atoms with Crippen LogP contribution in [-0.2, 0) is 0 Å². The van der Waals surface area contributed by atoms with Crippen LogP contribution >= 0.6 is 0 Å². The Kier molecular flexibility index (Phi) is 4.35. The van der Waals surface area contributed by atoms with Crippen LogP contribution in [0.4, 0.5) is 4.39 Å². The van der Waals surface area contributed by atoms with E-state index in [0.717, 1.165) is 31.5 Å². The van der Waals surface area contributed by atoms with E-state index in [1.165, 1.54) is 17.2 Å². The highest BCUT2D eigenvalue weighted by Crippen LogP contribution is 2.37. The molecule has 110 valence electrons. The van der Waals surface area contributed by atoms with E-state index in [9.17, 15) is 4.39 Å². The quantitative estimate of drug-likeness (QED) is 0.887. The van der Waals surface area contributed by atoms with E-state index in [-0.39, 0.29) is 5.82 Å². The normalized spacial score (nSPS) is 17.6. The average molecular weight is 283 g/mol. The van der Waals surface area contributed by atoms with Crippen molar-refractivity contribution in [3.63, 3.8) is 0 Å². The summed E-state index contributed by atoms with van der Waals surface area (Å²) in [5, 5.41) is 3.42. The molecule has 1 nitrogen and oxygen atoms in total. The second-order valence-electron chi connectivity index (χ2n) is 6.03. The van der Waals surface area contributed by atoms with Gasteiger partial charge in [0.05, 0.1) is 0 Å². The van der Waals surface area contributed by atoms with Crippen molar-refractivity contribution in [3.8, 4) is 0 Å². The smallest absolute Gasteiger partial charge is 0.123 e. The lowest BCUT2D eigenvalue weighted by molar-refractivity contribution is 0.342. The highest BCUT2D eigenvalue weighted by Gasteiger charge is 2.26. The largest absolute Gasteiger partial charge is 0.317 e. The summed E-state index contributed by atoms with van der Waals surface area (Å²) in [6.45, 7) is 4.22. The number of aryl methyl sites for hydroxylation is 1. The molecule has 0 amide bonds. The van der Waals surface area contributed by atoms with Crippen LogP contribution in [0, 0.1) is 18.7 Å². The third-order valence-corrected chi connectivity index (χ3v) is 4.50. The lowest BCUT2D eigenvalue weighted by atomic mass is 9.76. The van der Waals surface area contributed by atoms with E-state index in [0.29, 0.717) is 11.8 Å². The number of hydrogen-bond acceptors (Lipinski definition) is 1. The van der Waals surface area contributed by atoms with Crippen molar-refractivity contribution >= 4 is 0 Å². The van der Waals surface area contributed by atoms with E-state index in [2.05, 4.69) is 42.6 Å². The van der Waals surface area contributed by atoms with Gasteiger partial charge in [0.1, 0.15) is 5.82 Å². The molecule has 1 atom stereocenters. The van der Waals surface area contributed by atoms with E-state index >= 15 is 0 Å². The summed E-state index contributed by atoms with van der Waals surface area (Å²) in [4.78, 5) is 0. The summed E-state index contributed by atoms with van der Waals surface area (Å²) in [5.41, 5.74) is 3.67. The van der Waals surface area contributed by atoms with E-state index < -0.39 is 0 Å². The van der Waals surface area contributed by atoms with Gasteiger partial charge in [-0.05, 0) is 62.0 Å². The Balaban J connectivity index is 1.99. The molecule has 2 aromatic rings. The maximum absolute atomic E-state index is 13.7. The molecule has 2 heteroatoms. The van der Waals surface area contributed by atoms with Gasteiger partial charge in [-0.1, -0.05) is 42.0 Å². The first-order chi connectivity index (χ1) is 10.2. The van der Waals surface area contributed by atoms with Crippen molar-refractivity contribution in [2.24, 2.45) is 5.92 Å². The molecule has 1 aliphatic rings. The fraction of sp³-hybridized carbons (Fsp3) is 0.368. The summed E-state index contributed by atoms with van der Waals surface area (Å²) in [7, 11) is 0. The van der Waals surface area contributed by atoms with Crippen LogP contribution in [-0.4, -0.2) is 13.1 Å². The molecule has 1 saturated heterocycles. The van der Waals surface area contributed by atoms with Gasteiger partial charge in [-0.25, -0.2) is 4.39 Å². The minimum atomic E-state index is -0.140. The zero-order chi connectivity index (χ0) is 14.7. The zero-order valence-electron chi connectivity index (χ0n) is 12.5. The van der Waals surface area contributed by atoms with Crippen LogP contribution in [0.3, 0.4) is 0 Å². The van der Waals surface area contributed by atoms with Crippen LogP contribution in [0.25, 0.3) is 0 Å². The Hall–Kier alpha value is -1.67. The fourth-order valence-corrected chi connectivity index (χ4v) is 3.39. The molecule has 0 aromatic heterocycles. The van der Waals surface area contributed by atoms with Gasteiger partial charge < -0.3 is 5.32 Å². The molecule has 1 aliphatic heterocycles. The number of halogens is 1. The van der Waals surface area contributed by atoms with Crippen molar-refractivity contribution in [1.82, 2.24) is 5.32 Å². The van der Waals surface area contributed by atoms with Crippen LogP contribution in [0.2, 0.25) is 0 Å². The van der Waals surface area contributed by atoms with Crippen molar-refractivity contribution in [2.45, 2.75) is 25.7 Å². The van der Waals surface area contributed by atoms with Gasteiger partial charge in [0.25, 0.3) is 0 Å². The van der Waals surface area contributed by atoms with Gasteiger partial charge >= 0.3 is 0 Å². The Morgan fingerprint density at radius 1 is 1.00 bits per heavy atom. The third-order valence-electron chi connectivity index (χ3n) is 4.50. The van der Waals surface area contributed by atoms with Gasteiger partial charge in [-0.3, -0.25) is 0 Å². The monoisotopic (exact) mass is 283 g/mol. The minimum absolute atomic E-state index is 0.140. The second kappa shape index (κ2) is 6.40. The van der Waals surface area contributed by atoms with Crippen LogP contribution in [0.15, 0.2) is 48.5 Å². The molecule has 1 unspecified atom stereocenters. The Labute approximate surface area is 126 Å². The van der Waals surface area contributed by atoms with Crippen molar-refractivity contribution in [2.75, 3.05) is 13.1 Å². The molecular weight excluding hydrogens is 261 g/mol. The van der Waals surface area contributed by atoms with E-state index in [1.54, 1.807) is 6.07 Å². The van der Waals surface area contributed by atoms with E-state index in [4.69, 9.17) is 0 Å². The maximum Gasteiger partial charge on any atom is 0.123 e. The molecule has 1 heterocycles. The van der Waals surface area contributed by atoms with Gasteiger partial charge in [-0.2, -0.15) is 0 Å². The first-order valence-corrected chi connectivity index (χ1v) is 7.77. The van der Waals surface area contributed by atoms with E-state index in [1.807, 2.05) is 6.07 Å². The maximum atomic E-state index is 13.7. The van der Waals surface area contributed by atoms with Crippen LogP contribution < -0.4 is 5.32 Å². The molecule has 0 saturated carbocycles. The predicted molar refractivity (Wildman–Crippen MR) is 85.0 cm³/mol. The Bertz CT molecular complexity index is 585. The van der Waals surface area contributed by atoms with Gasteiger partial charge in [0.2, 0.25) is 0 Å². The molecule has 3 rings (SSSR count). The van der Waals surface area contributed by atoms with Crippen molar-refractivity contribution < 1.29 is 4.39 Å². The summed E-state index contributed by atoms with van der Waals surface area (Å²) in [6.07, 6.45) is 2.30. The molecule has 2 aromatic carbocycles. The Morgan fingerprint density at radius 2 is 1.71 bits per heavy atom. The third kappa shape index (κ3) is 3.33. The standard InChI is InChI=1S/C19H22FN/c1-14-5-7-15(8-6-14)19(16-9-11-21-12-10-16)17-3-2-4-18(20)13-17/h2-8,13,16,19,21H,9-12H2,1H3. The number of piperidine rings is 1. The number of nitrogens with one attached hydrogen (secondary N) is 1. The van der Waals surface area contributed by atoms with Crippen LogP contribution in [0.5, 0.6) is 0 Å². The minimum Gasteiger partial charge on any atom is -0.317 e. The van der Waals surface area contributed by atoms with Crippen LogP contribution in [0.1, 0.15) is 35.4 Å². The molecule has 21 heavy (non-hydrogen) atoms. The van der Waals surface area contributed by atoms with Gasteiger partial charge in [0, 0.05) is 5.92 Å². The molecule has 1 N–H and O–H groups in total. The summed E-state index contributed by atoms with van der Waals surface area (Å²) >= 11 is 0. The zero-order valence-corrected chi connectivity index (χ0v) is 12.5. The summed E-state index contributed by atoms with van der Waals surface area (Å²) < 4.78 is 13.7. The second-order valence-corrected chi connectivity index (χ2v) is 6.03. The first-order valence-electron chi connectivity index (χ1n) is 7.77. The van der Waals surface area contributed by atoms with Crippen molar-refractivity contribution in [1.29, 1.82) is 0 Å². The van der Waals surface area contributed by atoms with Gasteiger partial charge in [-0.15, -0.1) is 0 Å². The molecular formula is C19H22FN. The molecule has 0 spiro atoms. The SMILES string of the molecule is Cc1ccc(C(c2cccc(F)c2)C2CCNCC2)cc1. The van der Waals surface area contributed by atoms with Crippen molar-refractivity contribution in [3.05, 3.63) is 71.0 Å².